The van der Waals surface area contributed by atoms with E-state index in [1.807, 2.05) is 0 Å². The number of hydrogen-bond acceptors (Lipinski definition) is 4. The Morgan fingerprint density at radius 1 is 1.17 bits per heavy atom. The fourth-order valence-corrected chi connectivity index (χ4v) is 3.72. The summed E-state index contributed by atoms with van der Waals surface area (Å²) in [5, 5.41) is 0. The average molecular weight is 255 g/mol. The zero-order valence-corrected chi connectivity index (χ0v) is 12.0. The van der Waals surface area contributed by atoms with Gasteiger partial charge in [0.15, 0.2) is 0 Å². The highest BCUT2D eigenvalue weighted by Gasteiger charge is 2.40. The van der Waals surface area contributed by atoms with E-state index < -0.39 is 0 Å². The summed E-state index contributed by atoms with van der Waals surface area (Å²) in [4.78, 5) is 2.54. The summed E-state index contributed by atoms with van der Waals surface area (Å²) in [6.45, 7) is 8.42. The third-order valence-electron chi connectivity index (χ3n) is 4.89. The molecule has 1 heterocycles. The molecule has 2 rings (SSSR count). The van der Waals surface area contributed by atoms with Crippen LogP contribution >= 0.6 is 0 Å². The summed E-state index contributed by atoms with van der Waals surface area (Å²) in [7, 11) is 0. The van der Waals surface area contributed by atoms with Gasteiger partial charge in [-0.25, -0.2) is 0 Å². The van der Waals surface area contributed by atoms with Gasteiger partial charge >= 0.3 is 0 Å². The van der Waals surface area contributed by atoms with Gasteiger partial charge in [-0.15, -0.1) is 0 Å². The third kappa shape index (κ3) is 3.05. The van der Waals surface area contributed by atoms with Gasteiger partial charge in [0, 0.05) is 24.7 Å². The molecule has 0 spiro atoms. The number of rotatable bonds is 4. The molecule has 4 nitrogen and oxygen atoms in total. The van der Waals surface area contributed by atoms with Gasteiger partial charge in [0.1, 0.15) is 0 Å². The van der Waals surface area contributed by atoms with Crippen molar-refractivity contribution in [1.82, 2.24) is 10.3 Å². The van der Waals surface area contributed by atoms with E-state index in [0.717, 1.165) is 32.2 Å². The SMILES string of the molecule is CC(C)(C(NN)C1CCCCC1)N1CCOCC1. The van der Waals surface area contributed by atoms with Crippen molar-refractivity contribution >= 4 is 0 Å². The molecule has 4 heteroatoms. The molecule has 0 amide bonds. The van der Waals surface area contributed by atoms with Crippen molar-refractivity contribution < 1.29 is 4.74 Å². The smallest absolute Gasteiger partial charge is 0.0594 e. The van der Waals surface area contributed by atoms with Crippen LogP contribution in [0, 0.1) is 5.92 Å². The van der Waals surface area contributed by atoms with Crippen molar-refractivity contribution in [2.75, 3.05) is 26.3 Å². The molecule has 1 saturated carbocycles. The number of nitrogens with one attached hydrogen (secondary N) is 1. The molecular formula is C14H29N3O. The first-order valence-corrected chi connectivity index (χ1v) is 7.45. The highest BCUT2D eigenvalue weighted by Crippen LogP contribution is 2.33. The molecule has 18 heavy (non-hydrogen) atoms. The Morgan fingerprint density at radius 2 is 1.78 bits per heavy atom. The van der Waals surface area contributed by atoms with Crippen molar-refractivity contribution in [3.05, 3.63) is 0 Å². The van der Waals surface area contributed by atoms with E-state index in [9.17, 15) is 0 Å². The number of morpholine rings is 1. The van der Waals surface area contributed by atoms with E-state index in [0.29, 0.717) is 6.04 Å². The third-order valence-corrected chi connectivity index (χ3v) is 4.89. The second kappa shape index (κ2) is 6.33. The highest BCUT2D eigenvalue weighted by molar-refractivity contribution is 4.97. The Bertz CT molecular complexity index is 245. The lowest BCUT2D eigenvalue weighted by Crippen LogP contribution is -2.64. The van der Waals surface area contributed by atoms with Gasteiger partial charge in [-0.05, 0) is 32.6 Å². The number of ether oxygens (including phenoxy) is 1. The fourth-order valence-electron chi connectivity index (χ4n) is 3.72. The number of hydrogen-bond donors (Lipinski definition) is 2. The van der Waals surface area contributed by atoms with Gasteiger partial charge in [-0.1, -0.05) is 19.3 Å². The van der Waals surface area contributed by atoms with Crippen molar-refractivity contribution in [2.24, 2.45) is 11.8 Å². The van der Waals surface area contributed by atoms with Crippen molar-refractivity contribution in [3.8, 4) is 0 Å². The maximum absolute atomic E-state index is 5.89. The van der Waals surface area contributed by atoms with Crippen molar-refractivity contribution in [2.45, 2.75) is 57.5 Å². The highest BCUT2D eigenvalue weighted by atomic mass is 16.5. The quantitative estimate of drug-likeness (QED) is 0.590. The molecule has 0 aromatic carbocycles. The van der Waals surface area contributed by atoms with E-state index in [1.165, 1.54) is 32.1 Å². The lowest BCUT2D eigenvalue weighted by Gasteiger charge is -2.48. The summed E-state index contributed by atoms with van der Waals surface area (Å²) in [6.07, 6.45) is 6.77. The lowest BCUT2D eigenvalue weighted by molar-refractivity contribution is -0.0344. The van der Waals surface area contributed by atoms with E-state index in [2.05, 4.69) is 24.2 Å². The average Bonchev–Trinajstić information content (AvgIpc) is 2.41. The van der Waals surface area contributed by atoms with Crippen molar-refractivity contribution in [1.29, 1.82) is 0 Å². The Morgan fingerprint density at radius 3 is 2.33 bits per heavy atom. The second-order valence-corrected chi connectivity index (χ2v) is 6.30. The summed E-state index contributed by atoms with van der Waals surface area (Å²) >= 11 is 0. The summed E-state index contributed by atoms with van der Waals surface area (Å²) < 4.78 is 5.46. The first-order valence-electron chi connectivity index (χ1n) is 7.45. The molecule has 1 saturated heterocycles. The van der Waals surface area contributed by atoms with E-state index in [4.69, 9.17) is 10.6 Å². The molecule has 0 aromatic rings. The Balaban J connectivity index is 2.03. The second-order valence-electron chi connectivity index (χ2n) is 6.30. The van der Waals surface area contributed by atoms with Crippen LogP contribution in [0.3, 0.4) is 0 Å². The summed E-state index contributed by atoms with van der Waals surface area (Å²) in [5.41, 5.74) is 3.24. The number of nitrogens with two attached hydrogens (primary N) is 1. The summed E-state index contributed by atoms with van der Waals surface area (Å²) in [6, 6.07) is 0.385. The van der Waals surface area contributed by atoms with Gasteiger partial charge in [-0.3, -0.25) is 16.2 Å². The Kier molecular flexibility index (Phi) is 5.01. The molecule has 1 atom stereocenters. The minimum atomic E-state index is 0.112. The van der Waals surface area contributed by atoms with Gasteiger partial charge in [0.25, 0.3) is 0 Å². The molecular weight excluding hydrogens is 226 g/mol. The van der Waals surface area contributed by atoms with Crippen LogP contribution in [0.5, 0.6) is 0 Å². The first-order chi connectivity index (χ1) is 8.66. The van der Waals surface area contributed by atoms with Crippen LogP contribution < -0.4 is 11.3 Å². The minimum Gasteiger partial charge on any atom is -0.379 e. The maximum Gasteiger partial charge on any atom is 0.0594 e. The topological polar surface area (TPSA) is 50.5 Å². The van der Waals surface area contributed by atoms with E-state index in [1.54, 1.807) is 0 Å². The number of hydrazine groups is 1. The normalized spacial score (nSPS) is 26.2. The molecule has 0 aromatic heterocycles. The number of nitrogens with zero attached hydrogens (tertiary/aromatic N) is 1. The van der Waals surface area contributed by atoms with Crippen LogP contribution in [0.15, 0.2) is 0 Å². The van der Waals surface area contributed by atoms with Crippen LogP contribution in [-0.4, -0.2) is 42.8 Å². The summed E-state index contributed by atoms with van der Waals surface area (Å²) in [5.74, 6) is 6.61. The molecule has 1 unspecified atom stereocenters. The van der Waals surface area contributed by atoms with E-state index in [-0.39, 0.29) is 5.54 Å². The van der Waals surface area contributed by atoms with Gasteiger partial charge in [0.05, 0.1) is 13.2 Å². The zero-order chi connectivity index (χ0) is 13.0. The molecule has 2 aliphatic rings. The zero-order valence-electron chi connectivity index (χ0n) is 12.0. The maximum atomic E-state index is 5.89. The molecule has 1 aliphatic carbocycles. The van der Waals surface area contributed by atoms with Crippen LogP contribution in [0.4, 0.5) is 0 Å². The lowest BCUT2D eigenvalue weighted by atomic mass is 9.76. The standard InChI is InChI=1S/C14H29N3O/c1-14(2,17-8-10-18-11-9-17)13(16-15)12-6-4-3-5-7-12/h12-13,16H,3-11,15H2,1-2H3. The predicted octanol–water partition coefficient (Wildman–Crippen LogP) is 1.51. The van der Waals surface area contributed by atoms with E-state index >= 15 is 0 Å². The molecule has 0 bridgehead atoms. The monoisotopic (exact) mass is 255 g/mol. The predicted molar refractivity (Wildman–Crippen MR) is 74.2 cm³/mol. The minimum absolute atomic E-state index is 0.112. The Hall–Kier alpha value is -0.160. The molecule has 1 aliphatic heterocycles. The molecule has 2 fully saturated rings. The van der Waals surface area contributed by atoms with Crippen LogP contribution in [0.2, 0.25) is 0 Å². The molecule has 106 valence electrons. The molecule has 0 radical (unpaired) electrons. The molecule has 3 N–H and O–H groups in total. The fraction of sp³-hybridized carbons (Fsp3) is 1.00. The Labute approximate surface area is 111 Å². The largest absolute Gasteiger partial charge is 0.379 e. The van der Waals surface area contributed by atoms with Gasteiger partial charge in [0.2, 0.25) is 0 Å². The van der Waals surface area contributed by atoms with Gasteiger partial charge < -0.3 is 4.74 Å². The van der Waals surface area contributed by atoms with Crippen molar-refractivity contribution in [3.63, 3.8) is 0 Å². The van der Waals surface area contributed by atoms with Crippen LogP contribution in [0.1, 0.15) is 46.0 Å². The van der Waals surface area contributed by atoms with Crippen LogP contribution in [0.25, 0.3) is 0 Å². The van der Waals surface area contributed by atoms with Gasteiger partial charge in [-0.2, -0.15) is 0 Å². The first kappa shape index (κ1) is 14.3. The van der Waals surface area contributed by atoms with Crippen LogP contribution in [-0.2, 0) is 4.74 Å².